The molecule has 3 rings (SSSR count). The fourth-order valence-electron chi connectivity index (χ4n) is 3.38. The number of para-hydroxylation sites is 1. The Morgan fingerprint density at radius 3 is 3.04 bits per heavy atom. The average molecular weight is 347 g/mol. The summed E-state index contributed by atoms with van der Waals surface area (Å²) in [6.07, 6.45) is 3.95. The Kier molecular flexibility index (Phi) is 5.81. The van der Waals surface area contributed by atoms with Crippen molar-refractivity contribution in [3.63, 3.8) is 0 Å². The Bertz CT molecular complexity index is 655. The highest BCUT2D eigenvalue weighted by atomic mass is 32.1. The van der Waals surface area contributed by atoms with Gasteiger partial charge in [-0.15, -0.1) is 11.3 Å². The van der Waals surface area contributed by atoms with Crippen molar-refractivity contribution in [1.29, 1.82) is 0 Å². The van der Waals surface area contributed by atoms with Gasteiger partial charge >= 0.3 is 0 Å². The second kappa shape index (κ2) is 8.05. The van der Waals surface area contributed by atoms with Crippen molar-refractivity contribution in [3.8, 4) is 0 Å². The lowest BCUT2D eigenvalue weighted by Crippen LogP contribution is -2.51. The van der Waals surface area contributed by atoms with Crippen molar-refractivity contribution in [2.75, 3.05) is 19.7 Å². The minimum absolute atomic E-state index is 0.0308. The second-order valence-corrected chi connectivity index (χ2v) is 7.58. The van der Waals surface area contributed by atoms with Crippen molar-refractivity contribution < 1.29 is 9.90 Å². The molecule has 24 heavy (non-hydrogen) atoms. The average Bonchev–Trinajstić information content (AvgIpc) is 2.99. The zero-order valence-corrected chi connectivity index (χ0v) is 14.9. The smallest absolute Gasteiger partial charge is 0.234 e. The molecular formula is C18H25N3O2S. The van der Waals surface area contributed by atoms with Gasteiger partial charge in [-0.1, -0.05) is 18.6 Å². The number of aliphatic hydroxyl groups is 1. The van der Waals surface area contributed by atoms with Crippen molar-refractivity contribution >= 4 is 27.5 Å². The normalized spacial score (nSPS) is 21.9. The molecule has 1 aromatic carbocycles. The third-order valence-electron chi connectivity index (χ3n) is 4.73. The largest absolute Gasteiger partial charge is 0.395 e. The number of hydrogen-bond donors (Lipinski definition) is 2. The molecule has 1 aliphatic heterocycles. The van der Waals surface area contributed by atoms with Crippen LogP contribution in [0.4, 0.5) is 0 Å². The van der Waals surface area contributed by atoms with Crippen LogP contribution >= 0.6 is 11.3 Å². The third kappa shape index (κ3) is 4.12. The summed E-state index contributed by atoms with van der Waals surface area (Å²) in [6, 6.07) is 8.56. The zero-order valence-electron chi connectivity index (χ0n) is 14.1. The quantitative estimate of drug-likeness (QED) is 0.841. The van der Waals surface area contributed by atoms with E-state index in [1.165, 1.54) is 4.70 Å². The zero-order chi connectivity index (χ0) is 16.9. The van der Waals surface area contributed by atoms with E-state index in [4.69, 9.17) is 0 Å². The first-order valence-electron chi connectivity index (χ1n) is 8.65. The monoisotopic (exact) mass is 347 g/mol. The van der Waals surface area contributed by atoms with Gasteiger partial charge in [-0.05, 0) is 31.9 Å². The van der Waals surface area contributed by atoms with Gasteiger partial charge in [-0.25, -0.2) is 4.98 Å². The summed E-state index contributed by atoms with van der Waals surface area (Å²) >= 11 is 1.68. The second-order valence-electron chi connectivity index (χ2n) is 6.46. The molecule has 0 radical (unpaired) electrons. The fraction of sp³-hybridized carbons (Fsp3) is 0.556. The van der Waals surface area contributed by atoms with E-state index in [1.54, 1.807) is 11.3 Å². The predicted octanol–water partition coefficient (Wildman–Crippen LogP) is 2.19. The lowest BCUT2D eigenvalue weighted by molar-refractivity contribution is -0.124. The Morgan fingerprint density at radius 1 is 1.42 bits per heavy atom. The Labute approximate surface area is 146 Å². The molecule has 5 nitrogen and oxygen atoms in total. The summed E-state index contributed by atoms with van der Waals surface area (Å²) in [5.41, 5.74) is 1.02. The van der Waals surface area contributed by atoms with Crippen molar-refractivity contribution in [2.24, 2.45) is 0 Å². The summed E-state index contributed by atoms with van der Waals surface area (Å²) in [7, 11) is 0. The van der Waals surface area contributed by atoms with E-state index >= 15 is 0 Å². The molecule has 2 heterocycles. The molecule has 0 saturated carbocycles. The van der Waals surface area contributed by atoms with Crippen molar-refractivity contribution in [3.05, 3.63) is 29.3 Å². The van der Waals surface area contributed by atoms with Gasteiger partial charge < -0.3 is 10.4 Å². The van der Waals surface area contributed by atoms with Gasteiger partial charge in [0, 0.05) is 25.0 Å². The van der Waals surface area contributed by atoms with E-state index in [1.807, 2.05) is 18.2 Å². The summed E-state index contributed by atoms with van der Waals surface area (Å²) in [6.45, 7) is 3.23. The van der Waals surface area contributed by atoms with Crippen molar-refractivity contribution in [1.82, 2.24) is 15.2 Å². The number of carbonyl (C=O) groups is 1. The fourth-order valence-corrected chi connectivity index (χ4v) is 4.35. The van der Waals surface area contributed by atoms with Gasteiger partial charge in [0.1, 0.15) is 0 Å². The van der Waals surface area contributed by atoms with Crippen LogP contribution in [0.1, 0.15) is 31.2 Å². The number of aromatic nitrogens is 1. The molecule has 1 aromatic heterocycles. The van der Waals surface area contributed by atoms with Crippen LogP contribution in [0, 0.1) is 0 Å². The first kappa shape index (κ1) is 17.3. The van der Waals surface area contributed by atoms with Gasteiger partial charge in [-0.2, -0.15) is 0 Å². The molecule has 2 unspecified atom stereocenters. The maximum absolute atomic E-state index is 12.2. The van der Waals surface area contributed by atoms with E-state index in [0.717, 1.165) is 36.2 Å². The number of aliphatic hydroxyl groups excluding tert-OH is 1. The number of hydrogen-bond acceptors (Lipinski definition) is 5. The molecule has 130 valence electrons. The first-order valence-corrected chi connectivity index (χ1v) is 9.47. The lowest BCUT2D eigenvalue weighted by Gasteiger charge is -2.39. The molecule has 6 heteroatoms. The van der Waals surface area contributed by atoms with Crippen LogP contribution in [0.15, 0.2) is 24.3 Å². The standard InChI is InChI=1S/C18H25N3O2S/c1-13-5-4-6-14(12-22)21(13)11-17(23)19-10-9-18-20-15-7-2-3-8-16(15)24-18/h2-3,7-8,13-14,22H,4-6,9-12H2,1H3,(H,19,23). The lowest BCUT2D eigenvalue weighted by atomic mass is 9.97. The summed E-state index contributed by atoms with van der Waals surface area (Å²) in [5, 5.41) is 13.6. The van der Waals surface area contributed by atoms with Gasteiger partial charge in [0.15, 0.2) is 0 Å². The topological polar surface area (TPSA) is 65.5 Å². The Hall–Kier alpha value is -1.50. The Balaban J connectivity index is 1.48. The number of carbonyl (C=O) groups excluding carboxylic acids is 1. The molecule has 1 aliphatic rings. The number of likely N-dealkylation sites (tertiary alicyclic amines) is 1. The highest BCUT2D eigenvalue weighted by molar-refractivity contribution is 7.18. The van der Waals surface area contributed by atoms with Crippen LogP contribution in [0.25, 0.3) is 10.2 Å². The summed E-state index contributed by atoms with van der Waals surface area (Å²) < 4.78 is 1.19. The molecular weight excluding hydrogens is 322 g/mol. The van der Waals surface area contributed by atoms with Crippen LogP contribution in [-0.4, -0.2) is 52.7 Å². The van der Waals surface area contributed by atoms with E-state index in [2.05, 4.69) is 28.2 Å². The Morgan fingerprint density at radius 2 is 2.25 bits per heavy atom. The molecule has 0 aliphatic carbocycles. The van der Waals surface area contributed by atoms with Crippen LogP contribution < -0.4 is 5.32 Å². The van der Waals surface area contributed by atoms with Crippen LogP contribution in [0.2, 0.25) is 0 Å². The predicted molar refractivity (Wildman–Crippen MR) is 97.2 cm³/mol. The van der Waals surface area contributed by atoms with Crippen LogP contribution in [-0.2, 0) is 11.2 Å². The SMILES string of the molecule is CC1CCCC(CO)N1CC(=O)NCCc1nc2ccccc2s1. The van der Waals surface area contributed by atoms with Crippen LogP contribution in [0.5, 0.6) is 0 Å². The molecule has 2 atom stereocenters. The molecule has 1 fully saturated rings. The van der Waals surface area contributed by atoms with Crippen LogP contribution in [0.3, 0.4) is 0 Å². The number of thiazole rings is 1. The minimum atomic E-state index is 0.0308. The molecule has 2 N–H and O–H groups in total. The van der Waals surface area contributed by atoms with Gasteiger partial charge in [0.05, 0.1) is 28.4 Å². The van der Waals surface area contributed by atoms with E-state index < -0.39 is 0 Å². The molecule has 0 spiro atoms. The van der Waals surface area contributed by atoms with Gasteiger partial charge in [0.25, 0.3) is 0 Å². The summed E-state index contributed by atoms with van der Waals surface area (Å²) in [4.78, 5) is 19.0. The molecule has 2 aromatic rings. The van der Waals surface area contributed by atoms with E-state index in [-0.39, 0.29) is 18.6 Å². The number of rotatable bonds is 6. The maximum Gasteiger partial charge on any atom is 0.234 e. The van der Waals surface area contributed by atoms with E-state index in [9.17, 15) is 9.90 Å². The summed E-state index contributed by atoms with van der Waals surface area (Å²) in [5.74, 6) is 0.0308. The van der Waals surface area contributed by atoms with Gasteiger partial charge in [-0.3, -0.25) is 9.69 Å². The third-order valence-corrected chi connectivity index (χ3v) is 5.83. The molecule has 1 amide bonds. The maximum atomic E-state index is 12.2. The minimum Gasteiger partial charge on any atom is -0.395 e. The number of amides is 1. The highest BCUT2D eigenvalue weighted by Crippen LogP contribution is 2.22. The first-order chi connectivity index (χ1) is 11.7. The van der Waals surface area contributed by atoms with Gasteiger partial charge in [0.2, 0.25) is 5.91 Å². The van der Waals surface area contributed by atoms with E-state index in [0.29, 0.717) is 19.1 Å². The number of benzene rings is 1. The number of nitrogens with zero attached hydrogens (tertiary/aromatic N) is 2. The highest BCUT2D eigenvalue weighted by Gasteiger charge is 2.28. The number of piperidine rings is 1. The van der Waals surface area contributed by atoms with Crippen molar-refractivity contribution in [2.45, 2.75) is 44.7 Å². The number of nitrogens with one attached hydrogen (secondary N) is 1. The molecule has 1 saturated heterocycles. The number of fused-ring (bicyclic) bond motifs is 1. The molecule has 0 bridgehead atoms.